The zero-order valence-electron chi connectivity index (χ0n) is 12.0. The summed E-state index contributed by atoms with van der Waals surface area (Å²) in [6.45, 7) is 5.09. The Morgan fingerprint density at radius 3 is 2.85 bits per heavy atom. The van der Waals surface area contributed by atoms with E-state index in [0.717, 1.165) is 12.0 Å². The van der Waals surface area contributed by atoms with Gasteiger partial charge in [-0.3, -0.25) is 0 Å². The van der Waals surface area contributed by atoms with E-state index in [0.29, 0.717) is 18.2 Å². The smallest absolute Gasteiger partial charge is 0.170 e. The third-order valence-electron chi connectivity index (χ3n) is 4.17. The van der Waals surface area contributed by atoms with Crippen LogP contribution in [0.4, 0.5) is 4.39 Å². The maximum absolute atomic E-state index is 13.6. The molecule has 1 atom stereocenters. The van der Waals surface area contributed by atoms with Gasteiger partial charge in [-0.15, -0.1) is 0 Å². The Bertz CT molecular complexity index is 514. The van der Waals surface area contributed by atoms with Crippen molar-refractivity contribution >= 4 is 5.84 Å². The summed E-state index contributed by atoms with van der Waals surface area (Å²) in [6.07, 6.45) is 3.59. The first-order valence-electron chi connectivity index (χ1n) is 6.93. The van der Waals surface area contributed by atoms with Gasteiger partial charge in [0.05, 0.1) is 0 Å². The Balaban J connectivity index is 2.08. The number of nitrogens with zero attached hydrogens (tertiary/aromatic N) is 1. The van der Waals surface area contributed by atoms with Crippen LogP contribution in [0.3, 0.4) is 0 Å². The van der Waals surface area contributed by atoms with Gasteiger partial charge in [-0.1, -0.05) is 25.4 Å². The molecule has 1 fully saturated rings. The molecule has 0 aromatic heterocycles. The van der Waals surface area contributed by atoms with E-state index < -0.39 is 0 Å². The molecule has 1 aliphatic carbocycles. The predicted molar refractivity (Wildman–Crippen MR) is 77.2 cm³/mol. The maximum atomic E-state index is 13.6. The highest BCUT2D eigenvalue weighted by atomic mass is 19.1. The Morgan fingerprint density at radius 1 is 1.50 bits per heavy atom. The molecule has 110 valence electrons. The Hall–Kier alpha value is -1.62. The van der Waals surface area contributed by atoms with E-state index in [1.54, 1.807) is 6.07 Å². The lowest BCUT2D eigenvalue weighted by molar-refractivity contribution is 0.282. The molecule has 1 aromatic carbocycles. The first-order valence-corrected chi connectivity index (χ1v) is 6.93. The van der Waals surface area contributed by atoms with Crippen LogP contribution >= 0.6 is 0 Å². The van der Waals surface area contributed by atoms with Crippen LogP contribution in [0.15, 0.2) is 23.4 Å². The fourth-order valence-electron chi connectivity index (χ4n) is 2.90. The summed E-state index contributed by atoms with van der Waals surface area (Å²) < 4.78 is 13.6. The van der Waals surface area contributed by atoms with E-state index >= 15 is 0 Å². The van der Waals surface area contributed by atoms with E-state index in [1.807, 2.05) is 0 Å². The largest absolute Gasteiger partial charge is 0.409 e. The van der Waals surface area contributed by atoms with Gasteiger partial charge in [-0.2, -0.15) is 0 Å². The molecule has 2 rings (SSSR count). The predicted octanol–water partition coefficient (Wildman–Crippen LogP) is 2.59. The number of benzene rings is 1. The van der Waals surface area contributed by atoms with E-state index in [9.17, 15) is 4.39 Å². The average molecular weight is 279 g/mol. The summed E-state index contributed by atoms with van der Waals surface area (Å²) in [6, 6.07) is 4.92. The minimum absolute atomic E-state index is 0.0769. The molecule has 1 aliphatic rings. The van der Waals surface area contributed by atoms with Gasteiger partial charge in [0, 0.05) is 18.2 Å². The van der Waals surface area contributed by atoms with Crippen molar-refractivity contribution in [3.05, 3.63) is 35.1 Å². The monoisotopic (exact) mass is 279 g/mol. The van der Waals surface area contributed by atoms with Crippen molar-refractivity contribution in [3.63, 3.8) is 0 Å². The summed E-state index contributed by atoms with van der Waals surface area (Å²) in [4.78, 5) is 0. The summed E-state index contributed by atoms with van der Waals surface area (Å²) in [5, 5.41) is 15.1. The third-order valence-corrected chi connectivity index (χ3v) is 4.17. The maximum Gasteiger partial charge on any atom is 0.170 e. The number of halogens is 1. The van der Waals surface area contributed by atoms with Gasteiger partial charge in [0.15, 0.2) is 5.84 Å². The van der Waals surface area contributed by atoms with Crippen molar-refractivity contribution in [1.29, 1.82) is 0 Å². The molecular formula is C15H22FN3O. The first kappa shape index (κ1) is 14.8. The normalized spacial score (nSPS) is 22.1. The zero-order valence-corrected chi connectivity index (χ0v) is 12.0. The molecule has 0 spiro atoms. The van der Waals surface area contributed by atoms with Crippen molar-refractivity contribution in [3.8, 4) is 0 Å². The van der Waals surface area contributed by atoms with Crippen LogP contribution in [0.2, 0.25) is 0 Å². The average Bonchev–Trinajstić information content (AvgIpc) is 2.73. The van der Waals surface area contributed by atoms with Gasteiger partial charge in [0.2, 0.25) is 0 Å². The molecule has 4 N–H and O–H groups in total. The summed E-state index contributed by atoms with van der Waals surface area (Å²) in [7, 11) is 0. The molecule has 20 heavy (non-hydrogen) atoms. The molecule has 0 saturated heterocycles. The molecule has 0 bridgehead atoms. The number of nitrogens with two attached hydrogens (primary N) is 1. The van der Waals surface area contributed by atoms with Crippen molar-refractivity contribution in [1.82, 2.24) is 5.32 Å². The quantitative estimate of drug-likeness (QED) is 0.343. The van der Waals surface area contributed by atoms with Gasteiger partial charge in [0.25, 0.3) is 0 Å². The molecule has 5 heteroatoms. The van der Waals surface area contributed by atoms with Gasteiger partial charge >= 0.3 is 0 Å². The zero-order chi connectivity index (χ0) is 14.8. The van der Waals surface area contributed by atoms with Gasteiger partial charge < -0.3 is 16.3 Å². The molecule has 0 amide bonds. The highest BCUT2D eigenvalue weighted by Gasteiger charge is 2.33. The van der Waals surface area contributed by atoms with Crippen molar-refractivity contribution in [2.45, 2.75) is 45.7 Å². The molecule has 4 nitrogen and oxygen atoms in total. The van der Waals surface area contributed by atoms with Crippen LogP contribution in [-0.2, 0) is 6.54 Å². The summed E-state index contributed by atoms with van der Waals surface area (Å²) in [5.74, 6) is -0.455. The number of rotatable bonds is 4. The van der Waals surface area contributed by atoms with E-state index in [1.165, 1.54) is 25.0 Å². The first-order chi connectivity index (χ1) is 9.42. The number of amidine groups is 1. The van der Waals surface area contributed by atoms with Gasteiger partial charge in [-0.05, 0) is 42.0 Å². The van der Waals surface area contributed by atoms with E-state index in [2.05, 4.69) is 24.3 Å². The van der Waals surface area contributed by atoms with Crippen LogP contribution in [0, 0.1) is 11.2 Å². The van der Waals surface area contributed by atoms with E-state index in [-0.39, 0.29) is 17.1 Å². The van der Waals surface area contributed by atoms with E-state index in [4.69, 9.17) is 10.9 Å². The van der Waals surface area contributed by atoms with Crippen LogP contribution < -0.4 is 11.1 Å². The Kier molecular flexibility index (Phi) is 4.28. The third kappa shape index (κ3) is 3.28. The standard InChI is InChI=1S/C15H22FN3O/c1-15(2)5-3-4-13(15)18-9-10-6-11(14(17)19-20)8-12(16)7-10/h6-8,13,18,20H,3-5,9H2,1-2H3,(H2,17,19). The van der Waals surface area contributed by atoms with Crippen LogP contribution in [0.1, 0.15) is 44.2 Å². The second-order valence-corrected chi connectivity index (χ2v) is 6.15. The van der Waals surface area contributed by atoms with Crippen LogP contribution in [-0.4, -0.2) is 17.1 Å². The Morgan fingerprint density at radius 2 is 2.25 bits per heavy atom. The minimum atomic E-state index is -0.378. The molecule has 0 aliphatic heterocycles. The lowest BCUT2D eigenvalue weighted by Gasteiger charge is -2.28. The molecular weight excluding hydrogens is 257 g/mol. The second-order valence-electron chi connectivity index (χ2n) is 6.15. The number of oxime groups is 1. The molecule has 1 aromatic rings. The second kappa shape index (κ2) is 5.79. The van der Waals surface area contributed by atoms with Gasteiger partial charge in [-0.25, -0.2) is 4.39 Å². The van der Waals surface area contributed by atoms with Crippen LogP contribution in [0.25, 0.3) is 0 Å². The highest BCUT2D eigenvalue weighted by molar-refractivity contribution is 5.97. The molecule has 0 radical (unpaired) electrons. The lowest BCUT2D eigenvalue weighted by atomic mass is 9.87. The summed E-state index contributed by atoms with van der Waals surface area (Å²) >= 11 is 0. The van der Waals surface area contributed by atoms with Crippen molar-refractivity contribution < 1.29 is 9.60 Å². The molecule has 1 saturated carbocycles. The highest BCUT2D eigenvalue weighted by Crippen LogP contribution is 2.37. The fraction of sp³-hybridized carbons (Fsp3) is 0.533. The lowest BCUT2D eigenvalue weighted by Crippen LogP contribution is -2.37. The summed E-state index contributed by atoms with van der Waals surface area (Å²) in [5.41, 5.74) is 6.98. The van der Waals surface area contributed by atoms with Crippen molar-refractivity contribution in [2.24, 2.45) is 16.3 Å². The Labute approximate surface area is 118 Å². The van der Waals surface area contributed by atoms with Crippen molar-refractivity contribution in [2.75, 3.05) is 0 Å². The number of hydrogen-bond donors (Lipinski definition) is 3. The minimum Gasteiger partial charge on any atom is -0.409 e. The number of hydrogen-bond acceptors (Lipinski definition) is 3. The fourth-order valence-corrected chi connectivity index (χ4v) is 2.90. The molecule has 0 heterocycles. The number of nitrogens with one attached hydrogen (secondary N) is 1. The van der Waals surface area contributed by atoms with Crippen LogP contribution in [0.5, 0.6) is 0 Å². The van der Waals surface area contributed by atoms with Gasteiger partial charge in [0.1, 0.15) is 5.82 Å². The topological polar surface area (TPSA) is 70.6 Å². The SMILES string of the molecule is CC1(C)CCCC1NCc1cc(F)cc(/C(N)=N/O)c1. The molecule has 1 unspecified atom stereocenters.